The van der Waals surface area contributed by atoms with Crippen molar-refractivity contribution in [2.45, 2.75) is 24.9 Å². The summed E-state index contributed by atoms with van der Waals surface area (Å²) in [4.78, 5) is 0. The molecule has 0 heterocycles. The molecule has 0 atom stereocenters. The number of benzene rings is 1. The first-order chi connectivity index (χ1) is 7.47. The number of halogens is 2. The van der Waals surface area contributed by atoms with E-state index in [4.69, 9.17) is 0 Å². The third kappa shape index (κ3) is 1.82. The predicted molar refractivity (Wildman–Crippen MR) is 52.5 cm³/mol. The van der Waals surface area contributed by atoms with Crippen molar-refractivity contribution in [3.8, 4) is 11.5 Å². The Bertz CT molecular complexity index is 428. The van der Waals surface area contributed by atoms with Gasteiger partial charge in [-0.05, 0) is 24.5 Å². The Kier molecular flexibility index (Phi) is 2.50. The molecule has 1 aliphatic rings. The Balaban J connectivity index is 2.40. The van der Waals surface area contributed by atoms with E-state index in [1.54, 1.807) is 0 Å². The molecular weight excluding hydrogens is 218 g/mol. The van der Waals surface area contributed by atoms with Crippen LogP contribution in [0.25, 0.3) is 0 Å². The quantitative estimate of drug-likeness (QED) is 0.831. The molecule has 1 aliphatic carbocycles. The first-order valence-electron chi connectivity index (χ1n) is 4.93. The summed E-state index contributed by atoms with van der Waals surface area (Å²) >= 11 is 0. The average molecular weight is 230 g/mol. The van der Waals surface area contributed by atoms with Gasteiger partial charge in [-0.25, -0.2) is 4.39 Å². The standard InChI is InChI=1S/C11H12F2O3/c1-16-7-4-6(5-11(15)2-3-11)8(12)10(14)9(7)13/h4,14-15H,2-3,5H2,1H3. The van der Waals surface area contributed by atoms with Crippen LogP contribution in [0.4, 0.5) is 8.78 Å². The minimum Gasteiger partial charge on any atom is -0.503 e. The molecule has 0 radical (unpaired) electrons. The van der Waals surface area contributed by atoms with Crippen molar-refractivity contribution < 1.29 is 23.7 Å². The van der Waals surface area contributed by atoms with E-state index in [9.17, 15) is 19.0 Å². The van der Waals surface area contributed by atoms with E-state index < -0.39 is 23.0 Å². The number of aromatic hydroxyl groups is 1. The Hall–Kier alpha value is -1.36. The molecule has 5 heteroatoms. The lowest BCUT2D eigenvalue weighted by Crippen LogP contribution is -2.12. The number of methoxy groups -OCH3 is 1. The highest BCUT2D eigenvalue weighted by atomic mass is 19.1. The number of phenols is 1. The van der Waals surface area contributed by atoms with Gasteiger partial charge in [0, 0.05) is 6.42 Å². The van der Waals surface area contributed by atoms with E-state index in [1.165, 1.54) is 13.2 Å². The molecule has 16 heavy (non-hydrogen) atoms. The van der Waals surface area contributed by atoms with E-state index in [2.05, 4.69) is 4.74 Å². The van der Waals surface area contributed by atoms with E-state index in [0.29, 0.717) is 12.8 Å². The molecule has 1 aromatic carbocycles. The second kappa shape index (κ2) is 3.59. The van der Waals surface area contributed by atoms with Crippen molar-refractivity contribution in [1.29, 1.82) is 0 Å². The minimum atomic E-state index is -1.12. The van der Waals surface area contributed by atoms with Crippen LogP contribution >= 0.6 is 0 Å². The average Bonchev–Trinajstić information content (AvgIpc) is 2.97. The second-order valence-corrected chi connectivity index (χ2v) is 4.12. The van der Waals surface area contributed by atoms with E-state index in [0.717, 1.165) is 0 Å². The van der Waals surface area contributed by atoms with Gasteiger partial charge in [0.1, 0.15) is 0 Å². The van der Waals surface area contributed by atoms with Gasteiger partial charge in [0.05, 0.1) is 12.7 Å². The summed E-state index contributed by atoms with van der Waals surface area (Å²) in [6.45, 7) is 0. The molecule has 88 valence electrons. The van der Waals surface area contributed by atoms with Gasteiger partial charge in [-0.15, -0.1) is 0 Å². The summed E-state index contributed by atoms with van der Waals surface area (Å²) in [5.41, 5.74) is -0.841. The summed E-state index contributed by atoms with van der Waals surface area (Å²) < 4.78 is 31.4. The van der Waals surface area contributed by atoms with Crippen molar-refractivity contribution in [3.63, 3.8) is 0 Å². The van der Waals surface area contributed by atoms with Gasteiger partial charge >= 0.3 is 0 Å². The highest BCUT2D eigenvalue weighted by molar-refractivity contribution is 5.42. The van der Waals surface area contributed by atoms with Crippen LogP contribution in [-0.2, 0) is 6.42 Å². The van der Waals surface area contributed by atoms with Crippen LogP contribution in [0, 0.1) is 11.6 Å². The molecule has 1 fully saturated rings. The zero-order valence-electron chi connectivity index (χ0n) is 8.76. The minimum absolute atomic E-state index is 0.0586. The monoisotopic (exact) mass is 230 g/mol. The van der Waals surface area contributed by atoms with Gasteiger partial charge in [-0.3, -0.25) is 0 Å². The van der Waals surface area contributed by atoms with Crippen molar-refractivity contribution >= 4 is 0 Å². The number of aliphatic hydroxyl groups is 1. The summed E-state index contributed by atoms with van der Waals surface area (Å²) in [5, 5.41) is 18.9. The van der Waals surface area contributed by atoms with Crippen molar-refractivity contribution in [1.82, 2.24) is 0 Å². The number of hydrogen-bond donors (Lipinski definition) is 2. The topological polar surface area (TPSA) is 49.7 Å². The number of hydrogen-bond acceptors (Lipinski definition) is 3. The largest absolute Gasteiger partial charge is 0.503 e. The van der Waals surface area contributed by atoms with Gasteiger partial charge in [0.2, 0.25) is 5.82 Å². The lowest BCUT2D eigenvalue weighted by molar-refractivity contribution is 0.149. The fourth-order valence-corrected chi connectivity index (χ4v) is 1.60. The van der Waals surface area contributed by atoms with Crippen LogP contribution < -0.4 is 4.74 Å². The fraction of sp³-hybridized carbons (Fsp3) is 0.455. The van der Waals surface area contributed by atoms with Crippen LogP contribution in [0.3, 0.4) is 0 Å². The molecule has 3 nitrogen and oxygen atoms in total. The molecule has 0 aliphatic heterocycles. The van der Waals surface area contributed by atoms with Gasteiger partial charge in [0.15, 0.2) is 17.3 Å². The normalized spacial score (nSPS) is 17.2. The molecule has 2 N–H and O–H groups in total. The first kappa shape index (κ1) is 11.1. The Morgan fingerprint density at radius 1 is 1.38 bits per heavy atom. The molecule has 0 spiro atoms. The zero-order valence-corrected chi connectivity index (χ0v) is 8.76. The lowest BCUT2D eigenvalue weighted by atomic mass is 10.0. The molecule has 0 aromatic heterocycles. The van der Waals surface area contributed by atoms with Crippen molar-refractivity contribution in [2.24, 2.45) is 0 Å². The van der Waals surface area contributed by atoms with Gasteiger partial charge in [-0.1, -0.05) is 0 Å². The summed E-state index contributed by atoms with van der Waals surface area (Å²) in [6, 6.07) is 1.17. The van der Waals surface area contributed by atoms with Crippen molar-refractivity contribution in [3.05, 3.63) is 23.3 Å². The maximum atomic E-state index is 13.5. The molecule has 1 saturated carbocycles. The highest BCUT2D eigenvalue weighted by Gasteiger charge is 2.41. The SMILES string of the molecule is COc1cc(CC2(O)CC2)c(F)c(O)c1F. The van der Waals surface area contributed by atoms with E-state index in [-0.39, 0.29) is 17.7 Å². The summed E-state index contributed by atoms with van der Waals surface area (Å²) in [5.74, 6) is -3.43. The van der Waals surface area contributed by atoms with Crippen molar-refractivity contribution in [2.75, 3.05) is 7.11 Å². The number of rotatable bonds is 3. The van der Waals surface area contributed by atoms with Crippen LogP contribution in [0.2, 0.25) is 0 Å². The second-order valence-electron chi connectivity index (χ2n) is 4.12. The Morgan fingerprint density at radius 3 is 2.50 bits per heavy atom. The predicted octanol–water partition coefficient (Wildman–Crippen LogP) is 1.75. The van der Waals surface area contributed by atoms with Crippen LogP contribution in [0.15, 0.2) is 6.07 Å². The number of ether oxygens (including phenoxy) is 1. The van der Waals surface area contributed by atoms with E-state index in [1.807, 2.05) is 0 Å². The molecule has 0 unspecified atom stereocenters. The molecule has 0 amide bonds. The molecule has 0 saturated heterocycles. The van der Waals surface area contributed by atoms with Crippen LogP contribution in [-0.4, -0.2) is 22.9 Å². The summed E-state index contributed by atoms with van der Waals surface area (Å²) in [7, 11) is 1.23. The van der Waals surface area contributed by atoms with Gasteiger partial charge in [0.25, 0.3) is 0 Å². The maximum absolute atomic E-state index is 13.5. The third-order valence-corrected chi connectivity index (χ3v) is 2.79. The molecule has 1 aromatic rings. The van der Waals surface area contributed by atoms with E-state index >= 15 is 0 Å². The zero-order chi connectivity index (χ0) is 11.9. The maximum Gasteiger partial charge on any atom is 0.209 e. The fourth-order valence-electron chi connectivity index (χ4n) is 1.60. The Morgan fingerprint density at radius 2 is 2.00 bits per heavy atom. The first-order valence-corrected chi connectivity index (χ1v) is 4.93. The number of phenolic OH excluding ortho intramolecular Hbond substituents is 1. The molecular formula is C11H12F2O3. The highest BCUT2D eigenvalue weighted by Crippen LogP contribution is 2.41. The molecule has 2 rings (SSSR count). The third-order valence-electron chi connectivity index (χ3n) is 2.79. The Labute approximate surface area is 91.3 Å². The van der Waals surface area contributed by atoms with Crippen LogP contribution in [0.5, 0.6) is 11.5 Å². The molecule has 0 bridgehead atoms. The van der Waals surface area contributed by atoms with Gasteiger partial charge < -0.3 is 14.9 Å². The van der Waals surface area contributed by atoms with Gasteiger partial charge in [-0.2, -0.15) is 4.39 Å². The smallest absolute Gasteiger partial charge is 0.209 e. The van der Waals surface area contributed by atoms with Crippen LogP contribution in [0.1, 0.15) is 18.4 Å². The lowest BCUT2D eigenvalue weighted by Gasteiger charge is -2.12. The summed E-state index contributed by atoms with van der Waals surface area (Å²) in [6.07, 6.45) is 1.24.